The van der Waals surface area contributed by atoms with Gasteiger partial charge in [-0.15, -0.1) is 0 Å². The quantitative estimate of drug-likeness (QED) is 0.426. The van der Waals surface area contributed by atoms with Crippen LogP contribution in [-0.2, 0) is 25.2 Å². The van der Waals surface area contributed by atoms with Gasteiger partial charge < -0.3 is 15.5 Å². The van der Waals surface area contributed by atoms with Gasteiger partial charge >= 0.3 is 0 Å². The van der Waals surface area contributed by atoms with Crippen molar-refractivity contribution in [1.29, 1.82) is 0 Å². The van der Waals surface area contributed by atoms with Gasteiger partial charge in [-0.1, -0.05) is 78.9 Å². The number of hydrogen-bond acceptors (Lipinski definition) is 4. The lowest BCUT2D eigenvalue weighted by atomic mass is 9.83. The molecular weight excluding hydrogens is 463 g/mol. The number of fused-ring (bicyclic) bond motifs is 1. The molecule has 0 fully saturated rings. The molecule has 0 spiro atoms. The summed E-state index contributed by atoms with van der Waals surface area (Å²) in [6.07, 6.45) is 0. The summed E-state index contributed by atoms with van der Waals surface area (Å²) in [5, 5.41) is 0. The third-order valence-corrected chi connectivity index (χ3v) is 7.28. The Labute approximate surface area is 215 Å². The Morgan fingerprint density at radius 1 is 0.838 bits per heavy atom. The monoisotopic (exact) mass is 490 g/mol. The van der Waals surface area contributed by atoms with E-state index in [1.807, 2.05) is 60.7 Å². The van der Waals surface area contributed by atoms with Crippen molar-refractivity contribution in [1.82, 2.24) is 9.80 Å². The fraction of sp³-hybridized carbons (Fsp3) is 0.161. The molecule has 2 heterocycles. The largest absolute Gasteiger partial charge is 0.370 e. The molecule has 2 aliphatic rings. The van der Waals surface area contributed by atoms with Gasteiger partial charge in [0.1, 0.15) is 11.4 Å². The first-order valence-corrected chi connectivity index (χ1v) is 12.4. The fourth-order valence-corrected chi connectivity index (χ4v) is 5.41. The zero-order chi connectivity index (χ0) is 25.4. The van der Waals surface area contributed by atoms with E-state index in [1.165, 1.54) is 12.1 Å². The van der Waals surface area contributed by atoms with Gasteiger partial charge in [-0.3, -0.25) is 4.79 Å². The van der Waals surface area contributed by atoms with Gasteiger partial charge in [0.15, 0.2) is 5.96 Å². The molecule has 0 bridgehead atoms. The second-order valence-electron chi connectivity index (χ2n) is 9.69. The van der Waals surface area contributed by atoms with Crippen molar-refractivity contribution in [2.24, 2.45) is 10.7 Å². The number of aliphatic imine (C=N–C) groups is 1. The lowest BCUT2D eigenvalue weighted by Gasteiger charge is -2.29. The van der Waals surface area contributed by atoms with Crippen LogP contribution in [0, 0.1) is 5.82 Å². The molecule has 4 aromatic rings. The number of carbonyl (C=O) groups excluding carboxylic acids is 1. The van der Waals surface area contributed by atoms with Crippen LogP contribution in [0.4, 0.5) is 4.39 Å². The van der Waals surface area contributed by atoms with Crippen molar-refractivity contribution in [3.8, 4) is 0 Å². The normalized spacial score (nSPS) is 16.0. The molecule has 5 nitrogen and oxygen atoms in total. The molecule has 37 heavy (non-hydrogen) atoms. The van der Waals surface area contributed by atoms with E-state index < -0.39 is 5.54 Å². The Balaban J connectivity index is 1.24. The second-order valence-corrected chi connectivity index (χ2v) is 9.69. The molecule has 2 aliphatic heterocycles. The molecule has 2 N–H and O–H groups in total. The molecule has 184 valence electrons. The van der Waals surface area contributed by atoms with Crippen molar-refractivity contribution >= 4 is 11.9 Å². The summed E-state index contributed by atoms with van der Waals surface area (Å²) < 4.78 is 13.6. The van der Waals surface area contributed by atoms with Crippen molar-refractivity contribution in [2.75, 3.05) is 6.54 Å². The van der Waals surface area contributed by atoms with Gasteiger partial charge in [-0.2, -0.15) is 0 Å². The molecular formula is C31H27FN4O. The summed E-state index contributed by atoms with van der Waals surface area (Å²) in [6.45, 7) is 2.03. The third kappa shape index (κ3) is 4.25. The Kier molecular flexibility index (Phi) is 5.72. The molecule has 0 aliphatic carbocycles. The van der Waals surface area contributed by atoms with Crippen LogP contribution in [-0.4, -0.2) is 28.2 Å². The van der Waals surface area contributed by atoms with Crippen LogP contribution in [0.3, 0.4) is 0 Å². The summed E-state index contributed by atoms with van der Waals surface area (Å²) >= 11 is 0. The molecule has 0 atom stereocenters. The van der Waals surface area contributed by atoms with E-state index in [2.05, 4.69) is 29.2 Å². The number of nitrogens with two attached hydrogens (primary N) is 1. The first-order chi connectivity index (χ1) is 18.0. The third-order valence-electron chi connectivity index (χ3n) is 7.28. The first kappa shape index (κ1) is 23.0. The fourth-order valence-electron chi connectivity index (χ4n) is 5.41. The average Bonchev–Trinajstić information content (AvgIpc) is 3.50. The number of benzene rings is 4. The second kappa shape index (κ2) is 9.21. The smallest absolute Gasteiger partial charge is 0.254 e. The van der Waals surface area contributed by atoms with E-state index >= 15 is 0 Å². The van der Waals surface area contributed by atoms with E-state index in [9.17, 15) is 9.18 Å². The lowest BCUT2D eigenvalue weighted by molar-refractivity contribution is 0.0751. The van der Waals surface area contributed by atoms with Crippen LogP contribution in [0.5, 0.6) is 0 Å². The van der Waals surface area contributed by atoms with Gasteiger partial charge in [0.25, 0.3) is 5.91 Å². The van der Waals surface area contributed by atoms with Crippen LogP contribution in [0.2, 0.25) is 0 Å². The molecule has 0 unspecified atom stereocenters. The maximum absolute atomic E-state index is 13.6. The summed E-state index contributed by atoms with van der Waals surface area (Å²) in [5.74, 6) is 0.132. The standard InChI is InChI=1S/C31H27FN4O/c32-28-15-14-24-19-35(20-25(24)17-28)29(37)23-9-7-8-22(16-23)18-36-21-31(34-30(36)33,26-10-3-1-4-11-26)27-12-5-2-6-13-27/h1-17H,18-21H2,(H2,33,34). The number of guanidine groups is 1. The van der Waals surface area contributed by atoms with Gasteiger partial charge in [0.05, 0.1) is 6.54 Å². The topological polar surface area (TPSA) is 61.9 Å². The van der Waals surface area contributed by atoms with E-state index in [-0.39, 0.29) is 11.7 Å². The van der Waals surface area contributed by atoms with Crippen molar-refractivity contribution in [2.45, 2.75) is 25.2 Å². The molecule has 1 amide bonds. The summed E-state index contributed by atoms with van der Waals surface area (Å²) in [4.78, 5) is 22.1. The molecule has 4 aromatic carbocycles. The zero-order valence-corrected chi connectivity index (χ0v) is 20.3. The van der Waals surface area contributed by atoms with E-state index in [4.69, 9.17) is 10.7 Å². The Morgan fingerprint density at radius 2 is 1.51 bits per heavy atom. The maximum Gasteiger partial charge on any atom is 0.254 e. The summed E-state index contributed by atoms with van der Waals surface area (Å²) in [6, 6.07) is 32.8. The van der Waals surface area contributed by atoms with Crippen molar-refractivity contribution in [3.05, 3.63) is 142 Å². The highest BCUT2D eigenvalue weighted by atomic mass is 19.1. The number of amides is 1. The van der Waals surface area contributed by atoms with Gasteiger partial charge in [-0.05, 0) is 52.1 Å². The van der Waals surface area contributed by atoms with Crippen LogP contribution >= 0.6 is 0 Å². The molecule has 0 aromatic heterocycles. The van der Waals surface area contributed by atoms with Crippen LogP contribution in [0.25, 0.3) is 0 Å². The van der Waals surface area contributed by atoms with E-state index in [1.54, 1.807) is 11.0 Å². The SMILES string of the molecule is NC1=NC(c2ccccc2)(c2ccccc2)CN1Cc1cccc(C(=O)N2Cc3ccc(F)cc3C2)c1. The number of nitrogens with zero attached hydrogens (tertiary/aromatic N) is 3. The Morgan fingerprint density at radius 3 is 2.22 bits per heavy atom. The molecule has 0 saturated heterocycles. The number of carbonyl (C=O) groups is 1. The van der Waals surface area contributed by atoms with Crippen molar-refractivity contribution < 1.29 is 9.18 Å². The number of hydrogen-bond donors (Lipinski definition) is 1. The van der Waals surface area contributed by atoms with E-state index in [0.717, 1.165) is 27.8 Å². The highest BCUT2D eigenvalue weighted by Crippen LogP contribution is 2.38. The highest BCUT2D eigenvalue weighted by Gasteiger charge is 2.41. The van der Waals surface area contributed by atoms with Crippen LogP contribution in [0.15, 0.2) is 108 Å². The molecule has 0 radical (unpaired) electrons. The predicted octanol–water partition coefficient (Wildman–Crippen LogP) is 5.06. The first-order valence-electron chi connectivity index (χ1n) is 12.4. The average molecular weight is 491 g/mol. The minimum Gasteiger partial charge on any atom is -0.370 e. The Bertz CT molecular complexity index is 1450. The summed E-state index contributed by atoms with van der Waals surface area (Å²) in [7, 11) is 0. The predicted molar refractivity (Wildman–Crippen MR) is 142 cm³/mol. The van der Waals surface area contributed by atoms with E-state index in [0.29, 0.717) is 37.7 Å². The minimum absolute atomic E-state index is 0.0653. The minimum atomic E-state index is -0.601. The lowest BCUT2D eigenvalue weighted by Crippen LogP contribution is -2.37. The van der Waals surface area contributed by atoms with Crippen LogP contribution < -0.4 is 5.73 Å². The van der Waals surface area contributed by atoms with Crippen LogP contribution in [0.1, 0.15) is 38.2 Å². The van der Waals surface area contributed by atoms with Crippen molar-refractivity contribution in [3.63, 3.8) is 0 Å². The van der Waals surface area contributed by atoms with Gasteiger partial charge in [0.2, 0.25) is 0 Å². The maximum atomic E-state index is 13.6. The number of rotatable bonds is 5. The van der Waals surface area contributed by atoms with Gasteiger partial charge in [0, 0.05) is 25.2 Å². The summed E-state index contributed by atoms with van der Waals surface area (Å²) in [5.41, 5.74) is 11.5. The zero-order valence-electron chi connectivity index (χ0n) is 20.3. The highest BCUT2D eigenvalue weighted by molar-refractivity contribution is 5.94. The van der Waals surface area contributed by atoms with Gasteiger partial charge in [-0.25, -0.2) is 9.38 Å². The molecule has 6 rings (SSSR count). The Hall–Kier alpha value is -4.45. The number of halogens is 1. The molecule has 6 heteroatoms. The molecule has 0 saturated carbocycles.